The van der Waals surface area contributed by atoms with E-state index in [0.29, 0.717) is 19.5 Å². The van der Waals surface area contributed by atoms with Crippen molar-refractivity contribution in [2.24, 2.45) is 11.8 Å². The summed E-state index contributed by atoms with van der Waals surface area (Å²) >= 11 is 0. The Morgan fingerprint density at radius 2 is 1.67 bits per heavy atom. The second kappa shape index (κ2) is 10.6. The zero-order valence-electron chi connectivity index (χ0n) is 17.8. The largest absolute Gasteiger partial charge is 0.481 e. The molecule has 2 aliphatic rings. The van der Waals surface area contributed by atoms with Gasteiger partial charge in [-0.25, -0.2) is 0 Å². The summed E-state index contributed by atoms with van der Waals surface area (Å²) < 4.78 is 0. The molecule has 164 valence electrons. The van der Waals surface area contributed by atoms with E-state index in [9.17, 15) is 19.5 Å². The third-order valence-corrected chi connectivity index (χ3v) is 6.51. The van der Waals surface area contributed by atoms with Crippen LogP contribution in [0.5, 0.6) is 0 Å². The van der Waals surface area contributed by atoms with Crippen LogP contribution in [0.15, 0.2) is 30.3 Å². The summed E-state index contributed by atoms with van der Waals surface area (Å²) in [5.74, 6) is -0.211. The van der Waals surface area contributed by atoms with Gasteiger partial charge in [0.1, 0.15) is 0 Å². The third-order valence-electron chi connectivity index (χ3n) is 6.51. The van der Waals surface area contributed by atoms with Gasteiger partial charge in [0.15, 0.2) is 0 Å². The molecule has 0 saturated carbocycles. The Morgan fingerprint density at radius 1 is 0.967 bits per heavy atom. The topological polar surface area (TPSA) is 81.2 Å². The van der Waals surface area contributed by atoms with Crippen LogP contribution in [0.25, 0.3) is 0 Å². The number of aliphatic carboxylic acids is 1. The molecule has 1 aromatic rings. The van der Waals surface area contributed by atoms with Crippen molar-refractivity contribution >= 4 is 17.8 Å². The molecule has 7 heteroatoms. The lowest BCUT2D eigenvalue weighted by Crippen LogP contribution is -2.49. The van der Waals surface area contributed by atoms with Crippen LogP contribution in [0.3, 0.4) is 0 Å². The number of carboxylic acid groups (broad SMARTS) is 1. The van der Waals surface area contributed by atoms with Crippen molar-refractivity contribution in [3.8, 4) is 0 Å². The lowest BCUT2D eigenvalue weighted by Gasteiger charge is -2.40. The number of carbonyl (C=O) groups is 3. The average molecular weight is 416 g/mol. The monoisotopic (exact) mass is 415 g/mol. The van der Waals surface area contributed by atoms with Gasteiger partial charge >= 0.3 is 5.97 Å². The molecule has 0 radical (unpaired) electrons. The fourth-order valence-electron chi connectivity index (χ4n) is 4.64. The highest BCUT2D eigenvalue weighted by atomic mass is 16.4. The second-order valence-corrected chi connectivity index (χ2v) is 8.55. The Bertz CT molecular complexity index is 731. The Balaban J connectivity index is 1.55. The lowest BCUT2D eigenvalue weighted by atomic mass is 9.81. The maximum absolute atomic E-state index is 12.8. The molecule has 0 bridgehead atoms. The number of carbonyl (C=O) groups excluding carboxylic acids is 2. The van der Waals surface area contributed by atoms with Gasteiger partial charge in [-0.15, -0.1) is 0 Å². The quantitative estimate of drug-likeness (QED) is 0.733. The minimum absolute atomic E-state index is 0.113. The van der Waals surface area contributed by atoms with Crippen LogP contribution in [0.4, 0.5) is 0 Å². The number of rotatable bonds is 7. The Hall–Kier alpha value is -2.41. The first-order valence-electron chi connectivity index (χ1n) is 10.9. The van der Waals surface area contributed by atoms with Crippen molar-refractivity contribution in [3.63, 3.8) is 0 Å². The molecule has 2 saturated heterocycles. The normalized spacial score (nSPS) is 22.7. The summed E-state index contributed by atoms with van der Waals surface area (Å²) in [6.07, 6.45) is 2.19. The van der Waals surface area contributed by atoms with Crippen LogP contribution in [0.2, 0.25) is 0 Å². The smallest absolute Gasteiger partial charge is 0.303 e. The maximum Gasteiger partial charge on any atom is 0.303 e. The summed E-state index contributed by atoms with van der Waals surface area (Å²) in [5, 5.41) is 9.32. The standard InChI is InChI=1S/C23H33N3O4/c1-18(27)25-13-11-24(12-14-25)9-7-21-17-26(10-8-20(21)16-23(29)30)22(28)15-19-5-3-2-4-6-19/h2-6,20-21H,7-17H2,1H3,(H,29,30)/t20-,21+/m0/s1. The molecule has 2 amide bonds. The highest BCUT2D eigenvalue weighted by molar-refractivity contribution is 5.79. The van der Waals surface area contributed by atoms with E-state index in [0.717, 1.165) is 51.1 Å². The number of benzene rings is 1. The summed E-state index contributed by atoms with van der Waals surface area (Å²) in [6, 6.07) is 9.75. The summed E-state index contributed by atoms with van der Waals surface area (Å²) in [4.78, 5) is 41.8. The lowest BCUT2D eigenvalue weighted by molar-refractivity contribution is -0.140. The van der Waals surface area contributed by atoms with E-state index in [1.54, 1.807) is 6.92 Å². The molecule has 30 heavy (non-hydrogen) atoms. The molecule has 2 aliphatic heterocycles. The molecule has 2 fully saturated rings. The molecule has 1 aromatic carbocycles. The number of nitrogens with zero attached hydrogens (tertiary/aromatic N) is 3. The number of piperazine rings is 1. The van der Waals surface area contributed by atoms with Crippen LogP contribution >= 0.6 is 0 Å². The maximum atomic E-state index is 12.8. The van der Waals surface area contributed by atoms with Gasteiger partial charge in [0.05, 0.1) is 6.42 Å². The van der Waals surface area contributed by atoms with E-state index in [1.165, 1.54) is 0 Å². The molecule has 0 aromatic heterocycles. The van der Waals surface area contributed by atoms with Crippen molar-refractivity contribution in [2.75, 3.05) is 45.8 Å². The molecule has 0 unspecified atom stereocenters. The Kier molecular flexibility index (Phi) is 7.85. The second-order valence-electron chi connectivity index (χ2n) is 8.55. The number of carboxylic acids is 1. The zero-order chi connectivity index (χ0) is 21.5. The van der Waals surface area contributed by atoms with Crippen molar-refractivity contribution in [1.29, 1.82) is 0 Å². The molecular formula is C23H33N3O4. The van der Waals surface area contributed by atoms with Gasteiger partial charge in [-0.05, 0) is 36.8 Å². The summed E-state index contributed by atoms with van der Waals surface area (Å²) in [6.45, 7) is 6.97. The van der Waals surface area contributed by atoms with Crippen LogP contribution in [0.1, 0.15) is 31.7 Å². The third kappa shape index (κ3) is 6.29. The first-order valence-corrected chi connectivity index (χ1v) is 10.9. The average Bonchev–Trinajstić information content (AvgIpc) is 2.73. The number of hydrogen-bond donors (Lipinski definition) is 1. The molecular weight excluding hydrogens is 382 g/mol. The van der Waals surface area contributed by atoms with Crippen molar-refractivity contribution in [1.82, 2.24) is 14.7 Å². The van der Waals surface area contributed by atoms with Gasteiger partial charge in [0.25, 0.3) is 0 Å². The predicted octanol–water partition coefficient (Wildman–Crippen LogP) is 1.72. The number of piperidine rings is 1. The van der Waals surface area contributed by atoms with Crippen molar-refractivity contribution in [3.05, 3.63) is 35.9 Å². The Morgan fingerprint density at radius 3 is 2.30 bits per heavy atom. The first kappa shape index (κ1) is 22.3. The van der Waals surface area contributed by atoms with Gasteiger partial charge in [-0.2, -0.15) is 0 Å². The highest BCUT2D eigenvalue weighted by Gasteiger charge is 2.33. The van der Waals surface area contributed by atoms with Gasteiger partial charge in [0, 0.05) is 52.6 Å². The van der Waals surface area contributed by atoms with E-state index in [1.807, 2.05) is 40.1 Å². The highest BCUT2D eigenvalue weighted by Crippen LogP contribution is 2.30. The van der Waals surface area contributed by atoms with Crippen LogP contribution in [0, 0.1) is 11.8 Å². The molecule has 0 aliphatic carbocycles. The Labute approximate surface area is 178 Å². The predicted molar refractivity (Wildman–Crippen MR) is 114 cm³/mol. The summed E-state index contributed by atoms with van der Waals surface area (Å²) in [7, 11) is 0. The SMILES string of the molecule is CC(=O)N1CCN(CC[C@@H]2CN(C(=O)Cc3ccccc3)CC[C@H]2CC(=O)O)CC1. The zero-order valence-corrected chi connectivity index (χ0v) is 17.8. The van der Waals surface area contributed by atoms with Gasteiger partial charge in [-0.1, -0.05) is 30.3 Å². The molecule has 1 N–H and O–H groups in total. The molecule has 0 spiro atoms. The van der Waals surface area contributed by atoms with E-state index >= 15 is 0 Å². The summed E-state index contributed by atoms with van der Waals surface area (Å²) in [5.41, 5.74) is 1.01. The van der Waals surface area contributed by atoms with Gasteiger partial charge < -0.3 is 14.9 Å². The van der Waals surface area contributed by atoms with Crippen LogP contribution < -0.4 is 0 Å². The minimum atomic E-state index is -0.760. The first-order chi connectivity index (χ1) is 14.4. The van der Waals surface area contributed by atoms with E-state index in [-0.39, 0.29) is 30.1 Å². The van der Waals surface area contributed by atoms with E-state index in [2.05, 4.69) is 4.90 Å². The fourth-order valence-corrected chi connectivity index (χ4v) is 4.64. The molecule has 2 atom stereocenters. The molecule has 2 heterocycles. The van der Waals surface area contributed by atoms with Crippen LogP contribution in [-0.2, 0) is 20.8 Å². The van der Waals surface area contributed by atoms with Gasteiger partial charge in [0.2, 0.25) is 11.8 Å². The number of hydrogen-bond acceptors (Lipinski definition) is 4. The van der Waals surface area contributed by atoms with Crippen molar-refractivity contribution in [2.45, 2.75) is 32.6 Å². The van der Waals surface area contributed by atoms with E-state index in [4.69, 9.17) is 0 Å². The minimum Gasteiger partial charge on any atom is -0.481 e. The van der Waals surface area contributed by atoms with E-state index < -0.39 is 5.97 Å². The number of likely N-dealkylation sites (tertiary alicyclic amines) is 1. The van der Waals surface area contributed by atoms with Crippen LogP contribution in [-0.4, -0.2) is 83.4 Å². The van der Waals surface area contributed by atoms with Crippen molar-refractivity contribution < 1.29 is 19.5 Å². The molecule has 3 rings (SSSR count). The number of amides is 2. The molecule has 7 nitrogen and oxygen atoms in total. The fraction of sp³-hybridized carbons (Fsp3) is 0.609. The van der Waals surface area contributed by atoms with Gasteiger partial charge in [-0.3, -0.25) is 19.3 Å².